The van der Waals surface area contributed by atoms with Crippen molar-refractivity contribution in [2.24, 2.45) is 0 Å². The molecule has 0 bridgehead atoms. The van der Waals surface area contributed by atoms with Gasteiger partial charge in [0.05, 0.1) is 0 Å². The Morgan fingerprint density at radius 1 is 1.11 bits per heavy atom. The monoisotopic (exact) mass is 296 g/mol. The summed E-state index contributed by atoms with van der Waals surface area (Å²) in [6, 6.07) is 13.0. The normalized spacial score (nSPS) is 12.4. The summed E-state index contributed by atoms with van der Waals surface area (Å²) in [4.78, 5) is 0. The van der Waals surface area contributed by atoms with E-state index in [1.165, 1.54) is 11.6 Å². The van der Waals surface area contributed by atoms with Crippen LogP contribution < -0.4 is 0 Å². The highest BCUT2D eigenvalue weighted by atomic mass is 35.5. The molecule has 0 N–H and O–H groups in total. The minimum atomic E-state index is -0.269. The summed E-state index contributed by atoms with van der Waals surface area (Å²) in [5.74, 6) is 0.304. The van der Waals surface area contributed by atoms with Crippen LogP contribution in [0.3, 0.4) is 0 Å². The summed E-state index contributed by atoms with van der Waals surface area (Å²) in [5, 5.41) is 0.416. The minimum absolute atomic E-state index is 0.109. The number of hydrogen-bond acceptors (Lipinski definition) is 0. The average molecular weight is 297 g/mol. The van der Waals surface area contributed by atoms with Crippen LogP contribution in [0.2, 0.25) is 5.02 Å². The van der Waals surface area contributed by atoms with Crippen LogP contribution in [0.5, 0.6) is 0 Å². The second kappa shape index (κ2) is 6.40. The maximum Gasteiger partial charge on any atom is 0.127 e. The molecule has 0 saturated heterocycles. The van der Waals surface area contributed by atoms with E-state index in [1.54, 1.807) is 12.1 Å². The number of rotatable bonds is 4. The van der Waals surface area contributed by atoms with Gasteiger partial charge < -0.3 is 0 Å². The molecular formula is C16H15Cl2F. The Balaban J connectivity index is 2.21. The summed E-state index contributed by atoms with van der Waals surface area (Å²) in [7, 11) is 0. The molecule has 0 saturated carbocycles. The first-order chi connectivity index (χ1) is 9.10. The van der Waals surface area contributed by atoms with Gasteiger partial charge in [-0.15, -0.1) is 11.6 Å². The molecule has 0 spiro atoms. The van der Waals surface area contributed by atoms with Gasteiger partial charge in [0.25, 0.3) is 0 Å². The average Bonchev–Trinajstić information content (AvgIpc) is 2.39. The van der Waals surface area contributed by atoms with E-state index in [1.807, 2.05) is 19.1 Å². The summed E-state index contributed by atoms with van der Waals surface area (Å²) in [5.41, 5.74) is 2.99. The van der Waals surface area contributed by atoms with Gasteiger partial charge >= 0.3 is 0 Å². The van der Waals surface area contributed by atoms with Gasteiger partial charge in [0.15, 0.2) is 0 Å². The van der Waals surface area contributed by atoms with Crippen molar-refractivity contribution in [1.82, 2.24) is 0 Å². The third-order valence-corrected chi connectivity index (χ3v) is 3.82. The highest BCUT2D eigenvalue weighted by Gasteiger charge is 2.14. The molecule has 0 aromatic heterocycles. The summed E-state index contributed by atoms with van der Waals surface area (Å²) in [6.45, 7) is 2.04. The Hall–Kier alpha value is -1.05. The fourth-order valence-electron chi connectivity index (χ4n) is 2.05. The fraction of sp³-hybridized carbons (Fsp3) is 0.250. The quantitative estimate of drug-likeness (QED) is 0.667. The SMILES string of the molecule is Cc1ccc(C(CCl)Cc2ccc(Cl)cc2F)cc1. The standard InChI is InChI=1S/C16H15Cl2F/c1-11-2-4-12(5-3-11)14(10-17)8-13-6-7-15(18)9-16(13)19/h2-7,9,14H,8,10H2,1H3. The lowest BCUT2D eigenvalue weighted by Crippen LogP contribution is -2.06. The Morgan fingerprint density at radius 3 is 2.37 bits per heavy atom. The van der Waals surface area contributed by atoms with Crippen LogP contribution in [0.15, 0.2) is 42.5 Å². The Bertz CT molecular complexity index is 549. The van der Waals surface area contributed by atoms with Crippen molar-refractivity contribution < 1.29 is 4.39 Å². The van der Waals surface area contributed by atoms with Crippen molar-refractivity contribution in [2.45, 2.75) is 19.3 Å². The largest absolute Gasteiger partial charge is 0.207 e. The molecule has 1 unspecified atom stereocenters. The molecule has 19 heavy (non-hydrogen) atoms. The molecule has 2 aromatic rings. The van der Waals surface area contributed by atoms with Crippen LogP contribution in [-0.2, 0) is 6.42 Å². The second-order valence-electron chi connectivity index (χ2n) is 4.70. The fourth-order valence-corrected chi connectivity index (χ4v) is 2.50. The third kappa shape index (κ3) is 3.71. The van der Waals surface area contributed by atoms with Gasteiger partial charge in [-0.05, 0) is 36.6 Å². The molecule has 0 radical (unpaired) electrons. The molecule has 2 rings (SSSR count). The molecule has 0 aliphatic carbocycles. The Kier molecular flexibility index (Phi) is 4.84. The summed E-state index contributed by atoms with van der Waals surface area (Å²) in [6.07, 6.45) is 0.579. The van der Waals surface area contributed by atoms with Crippen LogP contribution in [0.1, 0.15) is 22.6 Å². The van der Waals surface area contributed by atoms with Crippen molar-refractivity contribution in [3.05, 3.63) is 70.0 Å². The molecule has 100 valence electrons. The predicted molar refractivity (Wildman–Crippen MR) is 79.8 cm³/mol. The van der Waals surface area contributed by atoms with E-state index < -0.39 is 0 Å². The van der Waals surface area contributed by atoms with Gasteiger partial charge in [-0.3, -0.25) is 0 Å². The van der Waals surface area contributed by atoms with Crippen LogP contribution >= 0.6 is 23.2 Å². The number of hydrogen-bond donors (Lipinski definition) is 0. The van der Waals surface area contributed by atoms with Crippen LogP contribution in [0.4, 0.5) is 4.39 Å². The molecular weight excluding hydrogens is 282 g/mol. The lowest BCUT2D eigenvalue weighted by Gasteiger charge is -2.15. The van der Waals surface area contributed by atoms with Gasteiger partial charge in [0, 0.05) is 16.8 Å². The van der Waals surface area contributed by atoms with Gasteiger partial charge in [-0.25, -0.2) is 4.39 Å². The first-order valence-electron chi connectivity index (χ1n) is 6.16. The van der Waals surface area contributed by atoms with E-state index in [0.717, 1.165) is 5.56 Å². The molecule has 0 fully saturated rings. The van der Waals surface area contributed by atoms with E-state index in [2.05, 4.69) is 12.1 Å². The van der Waals surface area contributed by atoms with Crippen LogP contribution in [0.25, 0.3) is 0 Å². The van der Waals surface area contributed by atoms with E-state index in [-0.39, 0.29) is 11.7 Å². The maximum absolute atomic E-state index is 13.8. The molecule has 3 heteroatoms. The van der Waals surface area contributed by atoms with Crippen molar-refractivity contribution in [3.63, 3.8) is 0 Å². The number of alkyl halides is 1. The Labute approximate surface area is 123 Å². The minimum Gasteiger partial charge on any atom is -0.207 e. The zero-order valence-corrected chi connectivity index (χ0v) is 12.2. The highest BCUT2D eigenvalue weighted by molar-refractivity contribution is 6.30. The van der Waals surface area contributed by atoms with E-state index in [4.69, 9.17) is 23.2 Å². The lowest BCUT2D eigenvalue weighted by atomic mass is 9.93. The Morgan fingerprint density at radius 2 is 1.79 bits per heavy atom. The molecule has 0 aliphatic heterocycles. The van der Waals surface area contributed by atoms with E-state index in [0.29, 0.717) is 22.9 Å². The molecule has 0 aliphatic rings. The van der Waals surface area contributed by atoms with Crippen LogP contribution in [0, 0.1) is 12.7 Å². The van der Waals surface area contributed by atoms with Gasteiger partial charge in [-0.2, -0.15) is 0 Å². The molecule has 0 nitrogen and oxygen atoms in total. The van der Waals surface area contributed by atoms with Gasteiger partial charge in [-0.1, -0.05) is 47.5 Å². The molecule has 1 atom stereocenters. The van der Waals surface area contributed by atoms with Crippen LogP contribution in [-0.4, -0.2) is 5.88 Å². The van der Waals surface area contributed by atoms with E-state index >= 15 is 0 Å². The van der Waals surface area contributed by atoms with Crippen molar-refractivity contribution >= 4 is 23.2 Å². The molecule has 2 aromatic carbocycles. The zero-order valence-electron chi connectivity index (χ0n) is 10.7. The van der Waals surface area contributed by atoms with Gasteiger partial charge in [0.1, 0.15) is 5.82 Å². The van der Waals surface area contributed by atoms with Crippen molar-refractivity contribution in [3.8, 4) is 0 Å². The zero-order chi connectivity index (χ0) is 13.8. The molecule has 0 amide bonds. The first kappa shape index (κ1) is 14.4. The predicted octanol–water partition coefficient (Wildman–Crippen LogP) is 5.35. The topological polar surface area (TPSA) is 0 Å². The smallest absolute Gasteiger partial charge is 0.127 e. The number of benzene rings is 2. The van der Waals surface area contributed by atoms with Crippen molar-refractivity contribution in [1.29, 1.82) is 0 Å². The maximum atomic E-state index is 13.8. The number of halogens is 3. The summed E-state index contributed by atoms with van der Waals surface area (Å²) < 4.78 is 13.8. The number of aryl methyl sites for hydroxylation is 1. The highest BCUT2D eigenvalue weighted by Crippen LogP contribution is 2.25. The third-order valence-electron chi connectivity index (χ3n) is 3.22. The van der Waals surface area contributed by atoms with Crippen molar-refractivity contribution in [2.75, 3.05) is 5.88 Å². The second-order valence-corrected chi connectivity index (χ2v) is 5.45. The van der Waals surface area contributed by atoms with E-state index in [9.17, 15) is 4.39 Å². The summed E-state index contributed by atoms with van der Waals surface area (Å²) >= 11 is 11.8. The van der Waals surface area contributed by atoms with Gasteiger partial charge in [0.2, 0.25) is 0 Å². The lowest BCUT2D eigenvalue weighted by molar-refractivity contribution is 0.598. The first-order valence-corrected chi connectivity index (χ1v) is 7.08. The molecule has 0 heterocycles.